The average Bonchev–Trinajstić information content (AvgIpc) is 2.82. The lowest BCUT2D eigenvalue weighted by atomic mass is 10.1. The number of hydrogen-bond acceptors (Lipinski definition) is 4. The van der Waals surface area contributed by atoms with Gasteiger partial charge in [0, 0.05) is 11.8 Å². The Morgan fingerprint density at radius 3 is 2.84 bits per heavy atom. The molecule has 0 fully saturated rings. The number of aromatic nitrogens is 1. The third-order valence-electron chi connectivity index (χ3n) is 2.73. The maximum atomic E-state index is 11.7. The molecule has 0 saturated heterocycles. The summed E-state index contributed by atoms with van der Waals surface area (Å²) in [5, 5.41) is 9.46. The number of hydrogen-bond donors (Lipinski definition) is 2. The quantitative estimate of drug-likeness (QED) is 0.866. The van der Waals surface area contributed by atoms with E-state index in [2.05, 4.69) is 22.7 Å². The molecule has 0 aliphatic carbocycles. The van der Waals surface area contributed by atoms with Gasteiger partial charge in [-0.2, -0.15) is 0 Å². The molecule has 2 N–H and O–H groups in total. The zero-order valence-corrected chi connectivity index (χ0v) is 11.1. The van der Waals surface area contributed by atoms with Crippen molar-refractivity contribution in [3.05, 3.63) is 41.6 Å². The number of rotatable bonds is 5. The average molecular weight is 259 g/mol. The fourth-order valence-electron chi connectivity index (χ4n) is 1.78. The summed E-state index contributed by atoms with van der Waals surface area (Å²) in [5.41, 5.74) is 2.90. The Hall–Kier alpha value is -2.30. The normalized spacial score (nSPS) is 10.2. The van der Waals surface area contributed by atoms with Crippen LogP contribution in [0.15, 0.2) is 34.9 Å². The second-order valence-electron chi connectivity index (χ2n) is 4.24. The van der Waals surface area contributed by atoms with E-state index in [-0.39, 0.29) is 12.5 Å². The molecule has 0 atom stereocenters. The molecule has 0 aliphatic heterocycles. The van der Waals surface area contributed by atoms with Crippen LogP contribution in [0.25, 0.3) is 0 Å². The van der Waals surface area contributed by atoms with Gasteiger partial charge in [-0.25, -0.2) is 0 Å². The zero-order valence-electron chi connectivity index (χ0n) is 11.1. The van der Waals surface area contributed by atoms with Crippen LogP contribution in [0.1, 0.15) is 18.2 Å². The Bertz CT molecular complexity index is 563. The summed E-state index contributed by atoms with van der Waals surface area (Å²) in [6, 6.07) is 9.61. The first kappa shape index (κ1) is 13.1. The van der Waals surface area contributed by atoms with E-state index in [9.17, 15) is 4.79 Å². The largest absolute Gasteiger partial charge is 0.376 e. The van der Waals surface area contributed by atoms with Crippen LogP contribution in [0, 0.1) is 6.92 Å². The van der Waals surface area contributed by atoms with Gasteiger partial charge < -0.3 is 9.84 Å². The van der Waals surface area contributed by atoms with Gasteiger partial charge in [-0.3, -0.25) is 10.1 Å². The molecule has 0 radical (unpaired) electrons. The van der Waals surface area contributed by atoms with Crippen LogP contribution < -0.4 is 10.6 Å². The number of para-hydroxylation sites is 1. The Morgan fingerprint density at radius 1 is 1.37 bits per heavy atom. The lowest BCUT2D eigenvalue weighted by Crippen LogP contribution is -2.21. The van der Waals surface area contributed by atoms with E-state index in [4.69, 9.17) is 4.52 Å². The highest BCUT2D eigenvalue weighted by Gasteiger charge is 2.07. The second-order valence-corrected chi connectivity index (χ2v) is 4.24. The topological polar surface area (TPSA) is 67.2 Å². The molecule has 1 aromatic heterocycles. The van der Waals surface area contributed by atoms with Gasteiger partial charge in [0.1, 0.15) is 0 Å². The van der Waals surface area contributed by atoms with Crippen molar-refractivity contribution < 1.29 is 9.32 Å². The Morgan fingerprint density at radius 2 is 2.16 bits per heavy atom. The van der Waals surface area contributed by atoms with Crippen molar-refractivity contribution >= 4 is 17.5 Å². The van der Waals surface area contributed by atoms with Crippen LogP contribution in [-0.2, 0) is 11.2 Å². The standard InChI is InChI=1S/C14H17N3O2/c1-3-11-6-4-5-7-12(11)15-9-13(18)16-14-8-10(2)17-19-14/h4-8,15H,3,9H2,1-2H3,(H,16,18). The molecule has 5 nitrogen and oxygen atoms in total. The van der Waals surface area contributed by atoms with E-state index in [1.165, 1.54) is 5.56 Å². The summed E-state index contributed by atoms with van der Waals surface area (Å²) in [6.45, 7) is 4.07. The van der Waals surface area contributed by atoms with Crippen molar-refractivity contribution in [2.24, 2.45) is 0 Å². The highest BCUT2D eigenvalue weighted by atomic mass is 16.5. The molecule has 5 heteroatoms. The van der Waals surface area contributed by atoms with Gasteiger partial charge >= 0.3 is 0 Å². The van der Waals surface area contributed by atoms with Crippen LogP contribution in [-0.4, -0.2) is 17.6 Å². The van der Waals surface area contributed by atoms with Crippen molar-refractivity contribution in [3.8, 4) is 0 Å². The Kier molecular flexibility index (Phi) is 4.18. The summed E-state index contributed by atoms with van der Waals surface area (Å²) in [4.78, 5) is 11.7. The van der Waals surface area contributed by atoms with Crippen LogP contribution >= 0.6 is 0 Å². The highest BCUT2D eigenvalue weighted by Crippen LogP contribution is 2.15. The first-order valence-corrected chi connectivity index (χ1v) is 6.24. The number of carbonyl (C=O) groups is 1. The van der Waals surface area contributed by atoms with Crippen molar-refractivity contribution in [1.82, 2.24) is 5.16 Å². The number of nitrogens with zero attached hydrogens (tertiary/aromatic N) is 1. The number of benzene rings is 1. The molecule has 0 spiro atoms. The van der Waals surface area contributed by atoms with Gasteiger partial charge in [0.05, 0.1) is 12.2 Å². The maximum absolute atomic E-state index is 11.7. The Balaban J connectivity index is 1.89. The van der Waals surface area contributed by atoms with E-state index in [1.807, 2.05) is 24.3 Å². The second kappa shape index (κ2) is 6.04. The van der Waals surface area contributed by atoms with E-state index in [0.717, 1.165) is 17.8 Å². The van der Waals surface area contributed by atoms with Gasteiger partial charge in [-0.15, -0.1) is 0 Å². The number of nitrogens with one attached hydrogen (secondary N) is 2. The molecule has 19 heavy (non-hydrogen) atoms. The number of aryl methyl sites for hydroxylation is 2. The summed E-state index contributed by atoms with van der Waals surface area (Å²) in [7, 11) is 0. The SMILES string of the molecule is CCc1ccccc1NCC(=O)Nc1cc(C)no1. The highest BCUT2D eigenvalue weighted by molar-refractivity contribution is 5.92. The molecule has 2 rings (SSSR count). The zero-order chi connectivity index (χ0) is 13.7. The van der Waals surface area contributed by atoms with Crippen LogP contribution in [0.2, 0.25) is 0 Å². The van der Waals surface area contributed by atoms with Crippen molar-refractivity contribution in [1.29, 1.82) is 0 Å². The summed E-state index contributed by atoms with van der Waals surface area (Å²) in [6.07, 6.45) is 0.923. The number of carbonyl (C=O) groups excluding carboxylic acids is 1. The van der Waals surface area contributed by atoms with Crippen LogP contribution in [0.4, 0.5) is 11.6 Å². The third-order valence-corrected chi connectivity index (χ3v) is 2.73. The Labute approximate surface area is 112 Å². The molecule has 2 aromatic rings. The molecule has 1 aromatic carbocycles. The van der Waals surface area contributed by atoms with Gasteiger partial charge in [0.2, 0.25) is 11.8 Å². The molecule has 1 amide bonds. The van der Waals surface area contributed by atoms with Crippen molar-refractivity contribution in [2.45, 2.75) is 20.3 Å². The predicted octanol–water partition coefficient (Wildman–Crippen LogP) is 2.60. The minimum atomic E-state index is -0.165. The molecule has 0 saturated carbocycles. The fourth-order valence-corrected chi connectivity index (χ4v) is 1.78. The van der Waals surface area contributed by atoms with Gasteiger partial charge in [0.15, 0.2) is 0 Å². The van der Waals surface area contributed by atoms with E-state index in [1.54, 1.807) is 13.0 Å². The van der Waals surface area contributed by atoms with Crippen LogP contribution in [0.5, 0.6) is 0 Å². The number of anilines is 2. The van der Waals surface area contributed by atoms with Crippen molar-refractivity contribution in [2.75, 3.05) is 17.2 Å². The molecule has 0 aliphatic rings. The van der Waals surface area contributed by atoms with Crippen molar-refractivity contribution in [3.63, 3.8) is 0 Å². The first-order valence-electron chi connectivity index (χ1n) is 6.24. The minimum absolute atomic E-state index is 0.165. The molecular formula is C14H17N3O2. The minimum Gasteiger partial charge on any atom is -0.376 e. The van der Waals surface area contributed by atoms with Gasteiger partial charge in [-0.05, 0) is 25.0 Å². The predicted molar refractivity (Wildman–Crippen MR) is 74.2 cm³/mol. The molecular weight excluding hydrogens is 242 g/mol. The summed E-state index contributed by atoms with van der Waals surface area (Å²) in [5.74, 6) is 0.204. The lowest BCUT2D eigenvalue weighted by Gasteiger charge is -2.09. The molecule has 0 bridgehead atoms. The number of amides is 1. The summed E-state index contributed by atoms with van der Waals surface area (Å²) >= 11 is 0. The maximum Gasteiger partial charge on any atom is 0.246 e. The van der Waals surface area contributed by atoms with Crippen LogP contribution in [0.3, 0.4) is 0 Å². The van der Waals surface area contributed by atoms with E-state index >= 15 is 0 Å². The monoisotopic (exact) mass is 259 g/mol. The third kappa shape index (κ3) is 3.58. The molecule has 0 unspecified atom stereocenters. The van der Waals surface area contributed by atoms with E-state index < -0.39 is 0 Å². The smallest absolute Gasteiger partial charge is 0.246 e. The fraction of sp³-hybridized carbons (Fsp3) is 0.286. The lowest BCUT2D eigenvalue weighted by molar-refractivity contribution is -0.114. The van der Waals surface area contributed by atoms with E-state index in [0.29, 0.717) is 5.88 Å². The van der Waals surface area contributed by atoms with Gasteiger partial charge in [-0.1, -0.05) is 30.3 Å². The molecule has 100 valence electrons. The molecule has 1 heterocycles. The van der Waals surface area contributed by atoms with Gasteiger partial charge in [0.25, 0.3) is 0 Å². The summed E-state index contributed by atoms with van der Waals surface area (Å²) < 4.78 is 4.92. The first-order chi connectivity index (χ1) is 9.19.